The predicted molar refractivity (Wildman–Crippen MR) is 72.4 cm³/mol. The Kier molecular flexibility index (Phi) is 7.42. The summed E-state index contributed by atoms with van der Waals surface area (Å²) in [6.45, 7) is 6.58. The highest BCUT2D eigenvalue weighted by molar-refractivity contribution is 5.85. The monoisotopic (exact) mass is 246 g/mol. The Bertz CT molecular complexity index is 161. The molecule has 2 aliphatic rings. The smallest absolute Gasteiger partial charge is 0.00218 e. The molecular weight excluding hydrogens is 220 g/mol. The summed E-state index contributed by atoms with van der Waals surface area (Å²) in [5.41, 5.74) is 0. The summed E-state index contributed by atoms with van der Waals surface area (Å²) in [5.74, 6) is 0.929. The van der Waals surface area contributed by atoms with Crippen LogP contribution in [0.1, 0.15) is 44.9 Å². The molecule has 1 N–H and O–H groups in total. The zero-order valence-corrected chi connectivity index (χ0v) is 11.2. The van der Waals surface area contributed by atoms with E-state index in [9.17, 15) is 0 Å². The third-order valence-corrected chi connectivity index (χ3v) is 3.86. The maximum atomic E-state index is 3.53. The van der Waals surface area contributed by atoms with Crippen LogP contribution in [0.4, 0.5) is 0 Å². The van der Waals surface area contributed by atoms with Crippen molar-refractivity contribution in [1.82, 2.24) is 10.2 Å². The summed E-state index contributed by atoms with van der Waals surface area (Å²) in [7, 11) is 0. The lowest BCUT2D eigenvalue weighted by atomic mass is 9.98. The quantitative estimate of drug-likeness (QED) is 0.806. The summed E-state index contributed by atoms with van der Waals surface area (Å²) < 4.78 is 0. The van der Waals surface area contributed by atoms with Crippen molar-refractivity contribution in [1.29, 1.82) is 0 Å². The molecular formula is C13H27ClN2. The minimum atomic E-state index is 0. The lowest BCUT2D eigenvalue weighted by Gasteiger charge is -2.31. The van der Waals surface area contributed by atoms with Crippen molar-refractivity contribution in [2.24, 2.45) is 5.92 Å². The van der Waals surface area contributed by atoms with Gasteiger partial charge in [0.15, 0.2) is 0 Å². The molecule has 16 heavy (non-hydrogen) atoms. The number of nitrogens with one attached hydrogen (secondary N) is 1. The lowest BCUT2D eigenvalue weighted by molar-refractivity contribution is 0.193. The average molecular weight is 247 g/mol. The Morgan fingerprint density at radius 1 is 0.938 bits per heavy atom. The molecule has 1 atom stereocenters. The van der Waals surface area contributed by atoms with Crippen molar-refractivity contribution >= 4 is 12.4 Å². The number of halogens is 1. The van der Waals surface area contributed by atoms with Crippen LogP contribution >= 0.6 is 12.4 Å². The van der Waals surface area contributed by atoms with Gasteiger partial charge in [0.05, 0.1) is 0 Å². The zero-order valence-electron chi connectivity index (χ0n) is 10.4. The van der Waals surface area contributed by atoms with E-state index in [-0.39, 0.29) is 12.4 Å². The number of piperidine rings is 1. The van der Waals surface area contributed by atoms with E-state index >= 15 is 0 Å². The van der Waals surface area contributed by atoms with Crippen molar-refractivity contribution in [3.05, 3.63) is 0 Å². The van der Waals surface area contributed by atoms with Gasteiger partial charge >= 0.3 is 0 Å². The van der Waals surface area contributed by atoms with E-state index in [2.05, 4.69) is 10.2 Å². The average Bonchev–Trinajstić information content (AvgIpc) is 2.23. The van der Waals surface area contributed by atoms with Gasteiger partial charge < -0.3 is 10.2 Å². The van der Waals surface area contributed by atoms with Crippen LogP contribution in [0.2, 0.25) is 0 Å². The van der Waals surface area contributed by atoms with Crippen LogP contribution < -0.4 is 5.32 Å². The number of likely N-dealkylation sites (tertiary alicyclic amines) is 1. The highest BCUT2D eigenvalue weighted by atomic mass is 35.5. The van der Waals surface area contributed by atoms with Gasteiger partial charge in [-0.25, -0.2) is 0 Å². The van der Waals surface area contributed by atoms with Crippen LogP contribution in [0.15, 0.2) is 0 Å². The number of hydrogen-bond donors (Lipinski definition) is 1. The van der Waals surface area contributed by atoms with Gasteiger partial charge in [-0.3, -0.25) is 0 Å². The van der Waals surface area contributed by atoms with Crippen molar-refractivity contribution in [3.8, 4) is 0 Å². The Balaban J connectivity index is 0.00000128. The zero-order chi connectivity index (χ0) is 10.3. The van der Waals surface area contributed by atoms with E-state index in [0.29, 0.717) is 0 Å². The van der Waals surface area contributed by atoms with Crippen LogP contribution in [0.25, 0.3) is 0 Å². The fraction of sp³-hybridized carbons (Fsp3) is 1.00. The molecule has 2 aliphatic heterocycles. The topological polar surface area (TPSA) is 15.3 Å². The van der Waals surface area contributed by atoms with Gasteiger partial charge in [-0.2, -0.15) is 0 Å². The molecule has 3 heteroatoms. The van der Waals surface area contributed by atoms with Crippen molar-refractivity contribution in [2.45, 2.75) is 44.9 Å². The fourth-order valence-electron chi connectivity index (χ4n) is 2.94. The molecule has 0 aromatic rings. The molecule has 2 nitrogen and oxygen atoms in total. The molecule has 0 radical (unpaired) electrons. The number of hydrogen-bond acceptors (Lipinski definition) is 2. The minimum Gasteiger partial charge on any atom is -0.316 e. The summed E-state index contributed by atoms with van der Waals surface area (Å²) in [6, 6.07) is 0. The van der Waals surface area contributed by atoms with Crippen LogP contribution in [-0.2, 0) is 0 Å². The first-order chi connectivity index (χ1) is 7.45. The molecule has 0 bridgehead atoms. The molecule has 0 aromatic heterocycles. The van der Waals surface area contributed by atoms with Gasteiger partial charge in [0.1, 0.15) is 0 Å². The molecule has 0 aromatic carbocycles. The molecule has 2 fully saturated rings. The molecule has 0 amide bonds. The van der Waals surface area contributed by atoms with Crippen molar-refractivity contribution < 1.29 is 0 Å². The highest BCUT2D eigenvalue weighted by Crippen LogP contribution is 2.15. The molecule has 1 unspecified atom stereocenters. The van der Waals surface area contributed by atoms with Crippen molar-refractivity contribution in [3.63, 3.8) is 0 Å². The number of rotatable bonds is 2. The predicted octanol–water partition coefficient (Wildman–Crippen LogP) is 2.67. The van der Waals surface area contributed by atoms with Gasteiger partial charge in [-0.15, -0.1) is 12.4 Å². The minimum absolute atomic E-state index is 0. The SMILES string of the molecule is C1CCCN(CC2CCCNC2)CCC1.Cl. The second-order valence-electron chi connectivity index (χ2n) is 5.28. The molecule has 2 rings (SSSR count). The third-order valence-electron chi connectivity index (χ3n) is 3.86. The summed E-state index contributed by atoms with van der Waals surface area (Å²) >= 11 is 0. The van der Waals surface area contributed by atoms with Gasteiger partial charge in [0, 0.05) is 6.54 Å². The Morgan fingerprint density at radius 3 is 2.25 bits per heavy atom. The van der Waals surface area contributed by atoms with Gasteiger partial charge in [-0.1, -0.05) is 19.3 Å². The van der Waals surface area contributed by atoms with Gasteiger partial charge in [0.2, 0.25) is 0 Å². The fourth-order valence-corrected chi connectivity index (χ4v) is 2.94. The van der Waals surface area contributed by atoms with E-state index in [1.54, 1.807) is 0 Å². The first kappa shape index (κ1) is 14.3. The largest absolute Gasteiger partial charge is 0.316 e. The molecule has 0 saturated carbocycles. The summed E-state index contributed by atoms with van der Waals surface area (Å²) in [5, 5.41) is 3.53. The van der Waals surface area contributed by atoms with Crippen LogP contribution in [0.5, 0.6) is 0 Å². The van der Waals surface area contributed by atoms with E-state index in [1.165, 1.54) is 77.7 Å². The Labute approximate surface area is 107 Å². The molecule has 2 heterocycles. The molecule has 0 aliphatic carbocycles. The molecule has 2 saturated heterocycles. The van der Waals surface area contributed by atoms with Crippen LogP contribution in [0.3, 0.4) is 0 Å². The van der Waals surface area contributed by atoms with E-state index in [0.717, 1.165) is 5.92 Å². The summed E-state index contributed by atoms with van der Waals surface area (Å²) in [4.78, 5) is 2.72. The van der Waals surface area contributed by atoms with E-state index < -0.39 is 0 Å². The Hall–Kier alpha value is 0.210. The molecule has 96 valence electrons. The molecule has 0 spiro atoms. The van der Waals surface area contributed by atoms with Gasteiger partial charge in [0.25, 0.3) is 0 Å². The van der Waals surface area contributed by atoms with E-state index in [4.69, 9.17) is 0 Å². The third kappa shape index (κ3) is 5.03. The second-order valence-corrected chi connectivity index (χ2v) is 5.28. The highest BCUT2D eigenvalue weighted by Gasteiger charge is 2.17. The van der Waals surface area contributed by atoms with E-state index in [1.807, 2.05) is 0 Å². The van der Waals surface area contributed by atoms with Crippen LogP contribution in [-0.4, -0.2) is 37.6 Å². The second kappa shape index (κ2) is 8.32. The first-order valence-corrected chi connectivity index (χ1v) is 6.88. The Morgan fingerprint density at radius 2 is 1.62 bits per heavy atom. The standard InChI is InChI=1S/C13H26N2.ClH/c1-2-4-9-15(10-5-3-1)12-13-7-6-8-14-11-13;/h13-14H,1-12H2;1H. The van der Waals surface area contributed by atoms with Crippen molar-refractivity contribution in [2.75, 3.05) is 32.7 Å². The normalized spacial score (nSPS) is 28.9. The lowest BCUT2D eigenvalue weighted by Crippen LogP contribution is -2.39. The van der Waals surface area contributed by atoms with Crippen LogP contribution in [0, 0.1) is 5.92 Å². The van der Waals surface area contributed by atoms with Gasteiger partial charge in [-0.05, 0) is 57.8 Å². The maximum Gasteiger partial charge on any atom is 0.00218 e. The summed E-state index contributed by atoms with van der Waals surface area (Å²) in [6.07, 6.45) is 10.1. The first-order valence-electron chi connectivity index (χ1n) is 6.88. The number of nitrogens with zero attached hydrogens (tertiary/aromatic N) is 1. The maximum absolute atomic E-state index is 3.53.